The largest absolute Gasteiger partial charge is 0.497 e. The highest BCUT2D eigenvalue weighted by atomic mass is 16.6. The molecule has 0 aromatic heterocycles. The van der Waals surface area contributed by atoms with Crippen molar-refractivity contribution < 1.29 is 9.66 Å². The topological polar surface area (TPSA) is 64.4 Å². The fraction of sp³-hybridized carbons (Fsp3) is 0.250. The fourth-order valence-corrected chi connectivity index (χ4v) is 2.16. The first-order valence-electron chi connectivity index (χ1n) is 6.72. The molecule has 0 saturated carbocycles. The highest BCUT2D eigenvalue weighted by molar-refractivity contribution is 5.51. The predicted molar refractivity (Wildman–Crippen MR) is 82.9 cm³/mol. The monoisotopic (exact) mass is 286 g/mol. The Balaban J connectivity index is 1.98. The number of rotatable bonds is 6. The van der Waals surface area contributed by atoms with Crippen LogP contribution >= 0.6 is 0 Å². The summed E-state index contributed by atoms with van der Waals surface area (Å²) >= 11 is 0. The Kier molecular flexibility index (Phi) is 4.77. The fourth-order valence-electron chi connectivity index (χ4n) is 2.16. The molecule has 21 heavy (non-hydrogen) atoms. The van der Waals surface area contributed by atoms with E-state index < -0.39 is 0 Å². The van der Waals surface area contributed by atoms with Crippen molar-refractivity contribution in [3.63, 3.8) is 0 Å². The van der Waals surface area contributed by atoms with Gasteiger partial charge in [0, 0.05) is 23.9 Å². The number of nitro groups is 1. The zero-order valence-corrected chi connectivity index (χ0v) is 12.1. The molecule has 1 atom stereocenters. The summed E-state index contributed by atoms with van der Waals surface area (Å²) in [6.45, 7) is 2.04. The number of methoxy groups -OCH3 is 1. The van der Waals surface area contributed by atoms with Gasteiger partial charge >= 0.3 is 0 Å². The maximum atomic E-state index is 10.8. The van der Waals surface area contributed by atoms with Gasteiger partial charge in [0.2, 0.25) is 0 Å². The van der Waals surface area contributed by atoms with Crippen molar-refractivity contribution in [3.8, 4) is 5.75 Å². The molecule has 5 heteroatoms. The maximum absolute atomic E-state index is 10.8. The molecule has 2 aromatic carbocycles. The van der Waals surface area contributed by atoms with E-state index in [4.69, 9.17) is 4.74 Å². The maximum Gasteiger partial charge on any atom is 0.271 e. The Morgan fingerprint density at radius 2 is 1.95 bits per heavy atom. The van der Waals surface area contributed by atoms with Crippen LogP contribution in [-0.4, -0.2) is 18.1 Å². The van der Waals surface area contributed by atoms with Crippen LogP contribution < -0.4 is 10.1 Å². The number of nitro benzene ring substituents is 1. The molecule has 0 heterocycles. The molecule has 5 nitrogen and oxygen atoms in total. The van der Waals surface area contributed by atoms with E-state index in [1.807, 2.05) is 37.3 Å². The van der Waals surface area contributed by atoms with Crippen LogP contribution in [0.2, 0.25) is 0 Å². The zero-order chi connectivity index (χ0) is 15.2. The van der Waals surface area contributed by atoms with Crippen LogP contribution in [0.5, 0.6) is 5.75 Å². The Labute approximate surface area is 123 Å². The summed E-state index contributed by atoms with van der Waals surface area (Å²) < 4.78 is 5.13. The van der Waals surface area contributed by atoms with Crippen molar-refractivity contribution in [1.82, 2.24) is 0 Å². The molecule has 0 spiro atoms. The summed E-state index contributed by atoms with van der Waals surface area (Å²) in [7, 11) is 1.64. The lowest BCUT2D eigenvalue weighted by Gasteiger charge is -2.15. The van der Waals surface area contributed by atoms with E-state index in [0.717, 1.165) is 17.9 Å². The van der Waals surface area contributed by atoms with Gasteiger partial charge in [-0.2, -0.15) is 0 Å². The van der Waals surface area contributed by atoms with Crippen molar-refractivity contribution in [3.05, 3.63) is 64.2 Å². The van der Waals surface area contributed by atoms with Gasteiger partial charge in [0.15, 0.2) is 0 Å². The number of anilines is 1. The van der Waals surface area contributed by atoms with Crippen LogP contribution in [0.1, 0.15) is 12.5 Å². The van der Waals surface area contributed by atoms with Crippen LogP contribution in [0.15, 0.2) is 48.5 Å². The first-order chi connectivity index (χ1) is 10.1. The van der Waals surface area contributed by atoms with E-state index in [-0.39, 0.29) is 16.7 Å². The van der Waals surface area contributed by atoms with Gasteiger partial charge in [-0.1, -0.05) is 18.2 Å². The molecule has 0 radical (unpaired) electrons. The number of benzene rings is 2. The first-order valence-corrected chi connectivity index (χ1v) is 6.72. The minimum atomic E-state index is -0.390. The molecular formula is C16H18N2O3. The zero-order valence-electron chi connectivity index (χ0n) is 12.1. The molecule has 2 rings (SSSR count). The van der Waals surface area contributed by atoms with E-state index in [1.54, 1.807) is 19.2 Å². The number of nitrogens with one attached hydrogen (secondary N) is 1. The molecule has 0 aliphatic rings. The molecule has 1 N–H and O–H groups in total. The minimum absolute atomic E-state index is 0.0941. The molecule has 0 aliphatic carbocycles. The Morgan fingerprint density at radius 1 is 1.24 bits per heavy atom. The van der Waals surface area contributed by atoms with E-state index >= 15 is 0 Å². The Hall–Kier alpha value is -2.56. The van der Waals surface area contributed by atoms with E-state index in [1.165, 1.54) is 11.6 Å². The molecular weight excluding hydrogens is 268 g/mol. The summed E-state index contributed by atoms with van der Waals surface area (Å²) in [5.74, 6) is 0.832. The van der Waals surface area contributed by atoms with E-state index in [2.05, 4.69) is 5.32 Å². The van der Waals surface area contributed by atoms with Crippen molar-refractivity contribution in [2.75, 3.05) is 12.4 Å². The van der Waals surface area contributed by atoms with Crippen LogP contribution in [0.4, 0.5) is 11.4 Å². The molecule has 0 aliphatic heterocycles. The highest BCUT2D eigenvalue weighted by Gasteiger charge is 2.08. The van der Waals surface area contributed by atoms with Gasteiger partial charge in [-0.3, -0.25) is 10.1 Å². The lowest BCUT2D eigenvalue weighted by molar-refractivity contribution is -0.384. The van der Waals surface area contributed by atoms with Crippen LogP contribution in [0.3, 0.4) is 0 Å². The van der Waals surface area contributed by atoms with Gasteiger partial charge in [0.1, 0.15) is 5.75 Å². The summed E-state index contributed by atoms with van der Waals surface area (Å²) in [5, 5.41) is 14.0. The van der Waals surface area contributed by atoms with Gasteiger partial charge in [0.05, 0.1) is 12.0 Å². The van der Waals surface area contributed by atoms with Gasteiger partial charge in [-0.15, -0.1) is 0 Å². The lowest BCUT2D eigenvalue weighted by Crippen LogP contribution is -2.18. The molecule has 0 saturated heterocycles. The summed E-state index contributed by atoms with van der Waals surface area (Å²) in [6, 6.07) is 14.6. The van der Waals surface area contributed by atoms with Crippen molar-refractivity contribution >= 4 is 11.4 Å². The second-order valence-electron chi connectivity index (χ2n) is 4.91. The normalized spacial score (nSPS) is 11.7. The van der Waals surface area contributed by atoms with Gasteiger partial charge in [0.25, 0.3) is 5.69 Å². The smallest absolute Gasteiger partial charge is 0.271 e. The van der Waals surface area contributed by atoms with E-state index in [9.17, 15) is 10.1 Å². The number of non-ortho nitro benzene ring substituents is 1. The van der Waals surface area contributed by atoms with Crippen molar-refractivity contribution in [1.29, 1.82) is 0 Å². The third-order valence-electron chi connectivity index (χ3n) is 3.17. The highest BCUT2D eigenvalue weighted by Crippen LogP contribution is 2.19. The molecule has 0 bridgehead atoms. The Morgan fingerprint density at radius 3 is 2.57 bits per heavy atom. The van der Waals surface area contributed by atoms with Crippen LogP contribution in [0, 0.1) is 10.1 Å². The quantitative estimate of drug-likeness (QED) is 0.650. The summed E-state index contributed by atoms with van der Waals surface area (Å²) in [6.07, 6.45) is 0.826. The van der Waals surface area contributed by atoms with Crippen LogP contribution in [-0.2, 0) is 6.42 Å². The van der Waals surface area contributed by atoms with Crippen molar-refractivity contribution in [2.45, 2.75) is 19.4 Å². The summed E-state index contributed by atoms with van der Waals surface area (Å²) in [4.78, 5) is 10.4. The van der Waals surface area contributed by atoms with Gasteiger partial charge in [-0.05, 0) is 37.1 Å². The number of nitrogens with zero attached hydrogens (tertiary/aromatic N) is 1. The molecule has 110 valence electrons. The summed E-state index contributed by atoms with van der Waals surface area (Å²) in [5.41, 5.74) is 2.03. The third-order valence-corrected chi connectivity index (χ3v) is 3.17. The molecule has 0 amide bonds. The predicted octanol–water partition coefficient (Wildman–Crippen LogP) is 3.65. The van der Waals surface area contributed by atoms with E-state index in [0.29, 0.717) is 0 Å². The SMILES string of the molecule is COc1ccc(CC(C)Nc2cccc([N+](=O)[O-])c2)cc1. The average molecular weight is 286 g/mol. The van der Waals surface area contributed by atoms with Crippen LogP contribution in [0.25, 0.3) is 0 Å². The second kappa shape index (κ2) is 6.74. The molecule has 0 fully saturated rings. The first kappa shape index (κ1) is 14.8. The molecule has 1 unspecified atom stereocenters. The number of hydrogen-bond donors (Lipinski definition) is 1. The third kappa shape index (κ3) is 4.21. The van der Waals surface area contributed by atoms with Gasteiger partial charge in [-0.25, -0.2) is 0 Å². The Bertz CT molecular complexity index is 611. The minimum Gasteiger partial charge on any atom is -0.497 e. The van der Waals surface area contributed by atoms with Crippen molar-refractivity contribution in [2.24, 2.45) is 0 Å². The van der Waals surface area contributed by atoms with Gasteiger partial charge < -0.3 is 10.1 Å². The number of ether oxygens (including phenoxy) is 1. The average Bonchev–Trinajstić information content (AvgIpc) is 2.48. The lowest BCUT2D eigenvalue weighted by atomic mass is 10.1. The number of hydrogen-bond acceptors (Lipinski definition) is 4. The molecule has 2 aromatic rings. The second-order valence-corrected chi connectivity index (χ2v) is 4.91. The standard InChI is InChI=1S/C16H18N2O3/c1-12(10-13-6-8-16(21-2)9-7-13)17-14-4-3-5-15(11-14)18(19)20/h3-9,11-12,17H,10H2,1-2H3.